The van der Waals surface area contributed by atoms with Crippen LogP contribution in [0.15, 0.2) is 24.3 Å². The SMILES string of the molecule is CCCN(C)CCCOc1ccccc1C(N)=S. The third-order valence-corrected chi connectivity index (χ3v) is 2.92. The zero-order valence-electron chi connectivity index (χ0n) is 11.2. The molecule has 0 saturated carbocycles. The van der Waals surface area contributed by atoms with E-state index < -0.39 is 0 Å². The van der Waals surface area contributed by atoms with Gasteiger partial charge in [-0.25, -0.2) is 0 Å². The molecule has 100 valence electrons. The van der Waals surface area contributed by atoms with E-state index in [0.29, 0.717) is 11.6 Å². The first-order chi connectivity index (χ1) is 8.65. The van der Waals surface area contributed by atoms with Crippen molar-refractivity contribution in [3.63, 3.8) is 0 Å². The number of nitrogens with two attached hydrogens (primary N) is 1. The minimum atomic E-state index is 0.383. The molecule has 0 aliphatic heterocycles. The quantitative estimate of drug-likeness (QED) is 0.579. The highest BCUT2D eigenvalue weighted by molar-refractivity contribution is 7.80. The fourth-order valence-electron chi connectivity index (χ4n) is 1.81. The molecule has 1 rings (SSSR count). The van der Waals surface area contributed by atoms with Crippen LogP contribution in [0, 0.1) is 0 Å². The van der Waals surface area contributed by atoms with Gasteiger partial charge in [0, 0.05) is 6.54 Å². The van der Waals surface area contributed by atoms with E-state index in [0.717, 1.165) is 30.8 Å². The van der Waals surface area contributed by atoms with Crippen molar-refractivity contribution in [3.8, 4) is 5.75 Å². The molecular weight excluding hydrogens is 244 g/mol. The Balaban J connectivity index is 2.37. The number of hydrogen-bond donors (Lipinski definition) is 1. The van der Waals surface area contributed by atoms with E-state index in [-0.39, 0.29) is 0 Å². The fourth-order valence-corrected chi connectivity index (χ4v) is 1.97. The zero-order valence-corrected chi connectivity index (χ0v) is 12.0. The second-order valence-corrected chi connectivity index (χ2v) is 4.81. The van der Waals surface area contributed by atoms with Crippen LogP contribution in [0.2, 0.25) is 0 Å². The van der Waals surface area contributed by atoms with Crippen LogP contribution >= 0.6 is 12.2 Å². The molecule has 0 fully saturated rings. The van der Waals surface area contributed by atoms with E-state index in [1.807, 2.05) is 24.3 Å². The Bertz CT molecular complexity index is 382. The molecule has 0 spiro atoms. The standard InChI is InChI=1S/C14H22N2OS/c1-3-9-16(2)10-6-11-17-13-8-5-4-7-12(13)14(15)18/h4-5,7-8H,3,6,9-11H2,1-2H3,(H2,15,18). The molecule has 0 aromatic heterocycles. The molecule has 18 heavy (non-hydrogen) atoms. The van der Waals surface area contributed by atoms with Crippen LogP contribution in [-0.2, 0) is 0 Å². The lowest BCUT2D eigenvalue weighted by Gasteiger charge is -2.16. The van der Waals surface area contributed by atoms with Crippen molar-refractivity contribution >= 4 is 17.2 Å². The van der Waals surface area contributed by atoms with Crippen LogP contribution in [0.1, 0.15) is 25.3 Å². The van der Waals surface area contributed by atoms with Crippen molar-refractivity contribution in [2.24, 2.45) is 5.73 Å². The molecule has 0 atom stereocenters. The van der Waals surface area contributed by atoms with Crippen LogP contribution in [0.4, 0.5) is 0 Å². The third-order valence-electron chi connectivity index (χ3n) is 2.70. The Labute approximate surface area is 115 Å². The van der Waals surface area contributed by atoms with Gasteiger partial charge in [0.15, 0.2) is 0 Å². The van der Waals surface area contributed by atoms with Gasteiger partial charge in [0.2, 0.25) is 0 Å². The Morgan fingerprint density at radius 3 is 2.72 bits per heavy atom. The van der Waals surface area contributed by atoms with E-state index in [1.54, 1.807) is 0 Å². The predicted molar refractivity (Wildman–Crippen MR) is 80.2 cm³/mol. The van der Waals surface area contributed by atoms with Crippen molar-refractivity contribution in [1.82, 2.24) is 4.90 Å². The molecule has 0 amide bonds. The summed E-state index contributed by atoms with van der Waals surface area (Å²) < 4.78 is 5.73. The lowest BCUT2D eigenvalue weighted by Crippen LogP contribution is -2.22. The number of ether oxygens (including phenoxy) is 1. The number of thiocarbonyl (C=S) groups is 1. The summed E-state index contributed by atoms with van der Waals surface area (Å²) in [5, 5.41) is 0. The van der Waals surface area contributed by atoms with Gasteiger partial charge < -0.3 is 15.4 Å². The van der Waals surface area contributed by atoms with Crippen molar-refractivity contribution in [1.29, 1.82) is 0 Å². The van der Waals surface area contributed by atoms with Crippen molar-refractivity contribution in [3.05, 3.63) is 29.8 Å². The largest absolute Gasteiger partial charge is 0.493 e. The molecule has 0 bridgehead atoms. The van der Waals surface area contributed by atoms with Gasteiger partial charge in [-0.2, -0.15) is 0 Å². The molecule has 4 heteroatoms. The summed E-state index contributed by atoms with van der Waals surface area (Å²) in [4.78, 5) is 2.69. The highest BCUT2D eigenvalue weighted by atomic mass is 32.1. The average molecular weight is 266 g/mol. The van der Waals surface area contributed by atoms with Crippen LogP contribution in [-0.4, -0.2) is 36.6 Å². The third kappa shape index (κ3) is 5.02. The van der Waals surface area contributed by atoms with E-state index in [2.05, 4.69) is 18.9 Å². The molecule has 0 unspecified atom stereocenters. The molecule has 2 N–H and O–H groups in total. The fraction of sp³-hybridized carbons (Fsp3) is 0.500. The molecular formula is C14H22N2OS. The van der Waals surface area contributed by atoms with Crippen LogP contribution in [0.3, 0.4) is 0 Å². The van der Waals surface area contributed by atoms with Gasteiger partial charge in [-0.05, 0) is 38.6 Å². The van der Waals surface area contributed by atoms with Gasteiger partial charge in [-0.1, -0.05) is 31.3 Å². The number of hydrogen-bond acceptors (Lipinski definition) is 3. The van der Waals surface area contributed by atoms with Gasteiger partial charge in [0.25, 0.3) is 0 Å². The lowest BCUT2D eigenvalue weighted by molar-refractivity contribution is 0.262. The summed E-state index contributed by atoms with van der Waals surface area (Å²) in [5.41, 5.74) is 6.46. The van der Waals surface area contributed by atoms with Crippen LogP contribution in [0.25, 0.3) is 0 Å². The maximum Gasteiger partial charge on any atom is 0.129 e. The minimum absolute atomic E-state index is 0.383. The molecule has 0 heterocycles. The van der Waals surface area contributed by atoms with E-state index in [9.17, 15) is 0 Å². The Morgan fingerprint density at radius 2 is 2.06 bits per heavy atom. The maximum atomic E-state index is 5.73. The molecule has 1 aromatic carbocycles. The smallest absolute Gasteiger partial charge is 0.129 e. The Morgan fingerprint density at radius 1 is 1.33 bits per heavy atom. The molecule has 3 nitrogen and oxygen atoms in total. The topological polar surface area (TPSA) is 38.5 Å². The van der Waals surface area contributed by atoms with Crippen molar-refractivity contribution in [2.75, 3.05) is 26.7 Å². The average Bonchev–Trinajstić information content (AvgIpc) is 2.35. The monoisotopic (exact) mass is 266 g/mol. The summed E-state index contributed by atoms with van der Waals surface area (Å²) in [7, 11) is 2.13. The Kier molecular flexibility index (Phi) is 6.68. The zero-order chi connectivity index (χ0) is 13.4. The van der Waals surface area contributed by atoms with E-state index >= 15 is 0 Å². The van der Waals surface area contributed by atoms with Crippen LogP contribution in [0.5, 0.6) is 5.75 Å². The summed E-state index contributed by atoms with van der Waals surface area (Å²) in [6.45, 7) is 5.05. The summed E-state index contributed by atoms with van der Waals surface area (Å²) in [6, 6.07) is 7.64. The summed E-state index contributed by atoms with van der Waals surface area (Å²) >= 11 is 4.99. The highest BCUT2D eigenvalue weighted by Crippen LogP contribution is 2.17. The first kappa shape index (κ1) is 14.9. The van der Waals surface area contributed by atoms with Gasteiger partial charge in [0.1, 0.15) is 10.7 Å². The molecule has 0 saturated heterocycles. The predicted octanol–water partition coefficient (Wildman–Crippen LogP) is 2.43. The normalized spacial score (nSPS) is 10.6. The van der Waals surface area contributed by atoms with E-state index in [1.165, 1.54) is 6.42 Å². The highest BCUT2D eigenvalue weighted by Gasteiger charge is 2.05. The number of rotatable bonds is 8. The first-order valence-electron chi connectivity index (χ1n) is 6.35. The first-order valence-corrected chi connectivity index (χ1v) is 6.76. The van der Waals surface area contributed by atoms with E-state index in [4.69, 9.17) is 22.7 Å². The van der Waals surface area contributed by atoms with Gasteiger partial charge in [-0.3, -0.25) is 0 Å². The molecule has 0 aliphatic rings. The second kappa shape index (κ2) is 8.06. The second-order valence-electron chi connectivity index (χ2n) is 4.37. The number of para-hydroxylation sites is 1. The lowest BCUT2D eigenvalue weighted by atomic mass is 10.2. The van der Waals surface area contributed by atoms with Gasteiger partial charge >= 0.3 is 0 Å². The van der Waals surface area contributed by atoms with Crippen molar-refractivity contribution in [2.45, 2.75) is 19.8 Å². The summed E-state index contributed by atoms with van der Waals surface area (Å²) in [6.07, 6.45) is 2.18. The van der Waals surface area contributed by atoms with Crippen LogP contribution < -0.4 is 10.5 Å². The molecule has 1 aromatic rings. The molecule has 0 aliphatic carbocycles. The van der Waals surface area contributed by atoms with Gasteiger partial charge in [0.05, 0.1) is 12.2 Å². The van der Waals surface area contributed by atoms with Crippen molar-refractivity contribution < 1.29 is 4.74 Å². The number of benzene rings is 1. The molecule has 0 radical (unpaired) electrons. The van der Waals surface area contributed by atoms with Gasteiger partial charge in [-0.15, -0.1) is 0 Å². The summed E-state index contributed by atoms with van der Waals surface area (Å²) in [5.74, 6) is 0.781. The Hall–Kier alpha value is -1.13. The number of nitrogens with zero attached hydrogens (tertiary/aromatic N) is 1. The minimum Gasteiger partial charge on any atom is -0.493 e. The maximum absolute atomic E-state index is 5.73.